The summed E-state index contributed by atoms with van der Waals surface area (Å²) in [5.41, 5.74) is 5.03. The summed E-state index contributed by atoms with van der Waals surface area (Å²) in [5, 5.41) is 10.7. The average Bonchev–Trinajstić information content (AvgIpc) is 2.03. The number of nitrogens with two attached hydrogens (primary N) is 1. The molecule has 0 saturated carbocycles. The monoisotopic (exact) mass is 174 g/mol. The maximum absolute atomic E-state index is 10.8. The van der Waals surface area contributed by atoms with Crippen LogP contribution in [0.2, 0.25) is 0 Å². The molecule has 0 aromatic heterocycles. The van der Waals surface area contributed by atoms with Gasteiger partial charge in [-0.05, 0) is 6.42 Å². The Hall–Kier alpha value is -1.10. The molecule has 0 aliphatic carbocycles. The zero-order chi connectivity index (χ0) is 9.56. The summed E-state index contributed by atoms with van der Waals surface area (Å²) in [5.74, 6) is -1.93. The minimum absolute atomic E-state index is 0.482. The summed E-state index contributed by atoms with van der Waals surface area (Å²) >= 11 is 0. The van der Waals surface area contributed by atoms with Crippen molar-refractivity contribution >= 4 is 11.9 Å². The molecule has 0 radical (unpaired) electrons. The van der Waals surface area contributed by atoms with E-state index in [2.05, 4.69) is 5.32 Å². The van der Waals surface area contributed by atoms with Gasteiger partial charge in [0.15, 0.2) is 6.04 Å². The second-order valence-corrected chi connectivity index (χ2v) is 2.46. The highest BCUT2D eigenvalue weighted by Crippen LogP contribution is 1.84. The molecule has 0 rings (SSSR count). The normalized spacial score (nSPS) is 12.2. The second-order valence-electron chi connectivity index (χ2n) is 2.46. The lowest BCUT2D eigenvalue weighted by Gasteiger charge is -2.06. The third kappa shape index (κ3) is 3.92. The number of unbranched alkanes of at least 4 members (excludes halogenated alkanes) is 1. The molecule has 0 heterocycles. The van der Waals surface area contributed by atoms with E-state index in [1.807, 2.05) is 6.92 Å². The first-order valence-electron chi connectivity index (χ1n) is 3.85. The Kier molecular flexibility index (Phi) is 5.03. The Labute approximate surface area is 70.9 Å². The highest BCUT2D eigenvalue weighted by atomic mass is 16.4. The highest BCUT2D eigenvalue weighted by Gasteiger charge is 2.19. The van der Waals surface area contributed by atoms with E-state index in [9.17, 15) is 9.59 Å². The van der Waals surface area contributed by atoms with Crippen LogP contribution in [0.3, 0.4) is 0 Å². The van der Waals surface area contributed by atoms with Gasteiger partial charge in [-0.25, -0.2) is 4.79 Å². The van der Waals surface area contributed by atoms with Crippen molar-refractivity contribution in [2.24, 2.45) is 5.73 Å². The minimum atomic E-state index is -1.44. The van der Waals surface area contributed by atoms with E-state index < -0.39 is 17.9 Å². The number of carbonyl (C=O) groups is 2. The summed E-state index contributed by atoms with van der Waals surface area (Å²) in [6.45, 7) is 2.46. The molecule has 5 heteroatoms. The van der Waals surface area contributed by atoms with Gasteiger partial charge in [0.1, 0.15) is 0 Å². The molecule has 0 fully saturated rings. The Bertz CT molecular complexity index is 170. The van der Waals surface area contributed by atoms with Gasteiger partial charge >= 0.3 is 5.97 Å². The van der Waals surface area contributed by atoms with Gasteiger partial charge in [0.05, 0.1) is 0 Å². The number of amides is 1. The molecule has 0 aliphatic heterocycles. The Morgan fingerprint density at radius 1 is 1.58 bits per heavy atom. The lowest BCUT2D eigenvalue weighted by atomic mass is 10.3. The van der Waals surface area contributed by atoms with E-state index in [0.29, 0.717) is 6.54 Å². The molecule has 4 N–H and O–H groups in total. The fourth-order valence-corrected chi connectivity index (χ4v) is 0.610. The third-order valence-corrected chi connectivity index (χ3v) is 1.38. The smallest absolute Gasteiger partial charge is 0.330 e. The van der Waals surface area contributed by atoms with Crippen LogP contribution in [-0.4, -0.2) is 29.6 Å². The quantitative estimate of drug-likeness (QED) is 0.380. The van der Waals surface area contributed by atoms with Crippen LogP contribution in [0.15, 0.2) is 0 Å². The average molecular weight is 174 g/mol. The first-order valence-corrected chi connectivity index (χ1v) is 3.85. The number of carbonyl (C=O) groups excluding carboxylic acids is 1. The fraction of sp³-hybridized carbons (Fsp3) is 0.714. The Morgan fingerprint density at radius 2 is 2.17 bits per heavy atom. The van der Waals surface area contributed by atoms with Crippen LogP contribution in [0.25, 0.3) is 0 Å². The molecule has 0 aliphatic rings. The summed E-state index contributed by atoms with van der Waals surface area (Å²) in [6, 6.07) is -1.44. The van der Waals surface area contributed by atoms with Gasteiger partial charge < -0.3 is 16.2 Å². The van der Waals surface area contributed by atoms with Crippen LogP contribution < -0.4 is 11.1 Å². The number of rotatable bonds is 5. The zero-order valence-corrected chi connectivity index (χ0v) is 7.04. The number of hydrogen-bond donors (Lipinski definition) is 3. The molecule has 0 spiro atoms. The van der Waals surface area contributed by atoms with E-state index in [4.69, 9.17) is 10.8 Å². The van der Waals surface area contributed by atoms with E-state index in [1.165, 1.54) is 0 Å². The van der Waals surface area contributed by atoms with E-state index in [1.54, 1.807) is 0 Å². The van der Waals surface area contributed by atoms with Crippen LogP contribution in [0.5, 0.6) is 0 Å². The molecule has 5 nitrogen and oxygen atoms in total. The summed E-state index contributed by atoms with van der Waals surface area (Å²) in [6.07, 6.45) is 1.78. The molecule has 0 saturated heterocycles. The van der Waals surface area contributed by atoms with E-state index in [-0.39, 0.29) is 0 Å². The second kappa shape index (κ2) is 5.54. The molecule has 0 aromatic carbocycles. The molecular weight excluding hydrogens is 160 g/mol. The molecule has 0 aromatic rings. The van der Waals surface area contributed by atoms with Crippen molar-refractivity contribution in [3.8, 4) is 0 Å². The van der Waals surface area contributed by atoms with Crippen molar-refractivity contribution in [1.29, 1.82) is 0 Å². The first kappa shape index (κ1) is 10.9. The molecule has 12 heavy (non-hydrogen) atoms. The predicted octanol–water partition coefficient (Wildman–Crippen LogP) is -0.685. The molecule has 1 atom stereocenters. The van der Waals surface area contributed by atoms with Crippen LogP contribution in [0.1, 0.15) is 19.8 Å². The Balaban J connectivity index is 3.65. The van der Waals surface area contributed by atoms with Crippen molar-refractivity contribution in [3.05, 3.63) is 0 Å². The SMILES string of the molecule is CCCCNC(=O)C(N)C(=O)O. The van der Waals surface area contributed by atoms with Gasteiger partial charge in [-0.3, -0.25) is 4.79 Å². The molecular formula is C7H14N2O3. The van der Waals surface area contributed by atoms with Crippen molar-refractivity contribution in [3.63, 3.8) is 0 Å². The highest BCUT2D eigenvalue weighted by molar-refractivity contribution is 6.00. The summed E-state index contributed by atoms with van der Waals surface area (Å²) < 4.78 is 0. The lowest BCUT2D eigenvalue weighted by molar-refractivity contribution is -0.142. The van der Waals surface area contributed by atoms with Crippen molar-refractivity contribution in [2.45, 2.75) is 25.8 Å². The van der Waals surface area contributed by atoms with E-state index in [0.717, 1.165) is 12.8 Å². The zero-order valence-electron chi connectivity index (χ0n) is 7.04. The van der Waals surface area contributed by atoms with Crippen molar-refractivity contribution in [1.82, 2.24) is 5.32 Å². The van der Waals surface area contributed by atoms with Gasteiger partial charge in [0.2, 0.25) is 5.91 Å². The summed E-state index contributed by atoms with van der Waals surface area (Å²) in [4.78, 5) is 21.0. The maximum Gasteiger partial charge on any atom is 0.330 e. The largest absolute Gasteiger partial charge is 0.480 e. The number of hydrogen-bond acceptors (Lipinski definition) is 3. The number of nitrogens with one attached hydrogen (secondary N) is 1. The number of aliphatic carboxylic acids is 1. The van der Waals surface area contributed by atoms with Crippen molar-refractivity contribution < 1.29 is 14.7 Å². The van der Waals surface area contributed by atoms with Gasteiger partial charge in [0, 0.05) is 6.54 Å². The van der Waals surface area contributed by atoms with Gasteiger partial charge in [-0.1, -0.05) is 13.3 Å². The fourth-order valence-electron chi connectivity index (χ4n) is 0.610. The molecule has 0 bridgehead atoms. The van der Waals surface area contributed by atoms with Crippen LogP contribution in [-0.2, 0) is 9.59 Å². The third-order valence-electron chi connectivity index (χ3n) is 1.38. The van der Waals surface area contributed by atoms with Crippen molar-refractivity contribution in [2.75, 3.05) is 6.54 Å². The van der Waals surface area contributed by atoms with Crippen LogP contribution >= 0.6 is 0 Å². The van der Waals surface area contributed by atoms with Gasteiger partial charge in [-0.2, -0.15) is 0 Å². The summed E-state index contributed by atoms with van der Waals surface area (Å²) in [7, 11) is 0. The molecule has 1 unspecified atom stereocenters. The van der Waals surface area contributed by atoms with E-state index >= 15 is 0 Å². The maximum atomic E-state index is 10.8. The lowest BCUT2D eigenvalue weighted by Crippen LogP contribution is -2.46. The van der Waals surface area contributed by atoms with Gasteiger partial charge in [0.25, 0.3) is 0 Å². The Morgan fingerprint density at radius 3 is 2.58 bits per heavy atom. The number of carboxylic acid groups (broad SMARTS) is 1. The van der Waals surface area contributed by atoms with Crippen LogP contribution in [0.4, 0.5) is 0 Å². The van der Waals surface area contributed by atoms with Gasteiger partial charge in [-0.15, -0.1) is 0 Å². The standard InChI is InChI=1S/C7H14N2O3/c1-2-3-4-9-6(10)5(8)7(11)12/h5H,2-4,8H2,1H3,(H,9,10)(H,11,12). The minimum Gasteiger partial charge on any atom is -0.480 e. The molecule has 1 amide bonds. The predicted molar refractivity (Wildman–Crippen MR) is 43.5 cm³/mol. The van der Waals surface area contributed by atoms with Crippen LogP contribution in [0, 0.1) is 0 Å². The topological polar surface area (TPSA) is 92.4 Å². The number of carboxylic acids is 1. The first-order chi connectivity index (χ1) is 5.59. The molecule has 70 valence electrons.